The second-order valence-corrected chi connectivity index (χ2v) is 6.54. The minimum Gasteiger partial charge on any atom is -0.396 e. The quantitative estimate of drug-likeness (QED) is 0.694. The van der Waals surface area contributed by atoms with Crippen molar-refractivity contribution < 1.29 is 9.90 Å². The van der Waals surface area contributed by atoms with E-state index in [9.17, 15) is 4.79 Å². The first-order valence-corrected chi connectivity index (χ1v) is 8.38. The first kappa shape index (κ1) is 18.1. The van der Waals surface area contributed by atoms with Crippen LogP contribution in [0, 0.1) is 18.8 Å². The van der Waals surface area contributed by atoms with Crippen molar-refractivity contribution in [3.63, 3.8) is 0 Å². The van der Waals surface area contributed by atoms with Gasteiger partial charge in [-0.15, -0.1) is 0 Å². The summed E-state index contributed by atoms with van der Waals surface area (Å²) in [5, 5.41) is 19.0. The number of hydrogen-bond donors (Lipinski definition) is 3. The van der Waals surface area contributed by atoms with Gasteiger partial charge >= 0.3 is 0 Å². The number of benzene rings is 1. The summed E-state index contributed by atoms with van der Waals surface area (Å²) < 4.78 is 0. The minimum absolute atomic E-state index is 0.0978. The van der Waals surface area contributed by atoms with Gasteiger partial charge in [-0.05, 0) is 43.7 Å². The van der Waals surface area contributed by atoms with Crippen LogP contribution in [0.5, 0.6) is 0 Å². The lowest BCUT2D eigenvalue weighted by atomic mass is 9.94. The summed E-state index contributed by atoms with van der Waals surface area (Å²) in [4.78, 5) is 16.6. The highest BCUT2D eigenvalue weighted by Crippen LogP contribution is 2.16. The van der Waals surface area contributed by atoms with E-state index in [-0.39, 0.29) is 12.5 Å². The zero-order valence-corrected chi connectivity index (χ0v) is 14.5. The van der Waals surface area contributed by atoms with Gasteiger partial charge in [-0.1, -0.05) is 26.0 Å². The molecule has 1 amide bonds. The van der Waals surface area contributed by atoms with Gasteiger partial charge in [0.1, 0.15) is 5.82 Å². The summed E-state index contributed by atoms with van der Waals surface area (Å²) >= 11 is 0. The number of hydrogen-bond acceptors (Lipinski definition) is 4. The zero-order chi connectivity index (χ0) is 17.5. The van der Waals surface area contributed by atoms with Crippen LogP contribution in [0.25, 0.3) is 11.4 Å². The third-order valence-corrected chi connectivity index (χ3v) is 3.90. The van der Waals surface area contributed by atoms with Gasteiger partial charge < -0.3 is 10.4 Å². The van der Waals surface area contributed by atoms with Crippen molar-refractivity contribution in [1.29, 1.82) is 0 Å². The molecule has 0 spiro atoms. The Hall–Kier alpha value is -2.21. The molecule has 0 saturated carbocycles. The van der Waals surface area contributed by atoms with Crippen LogP contribution in [0.1, 0.15) is 42.9 Å². The fourth-order valence-electron chi connectivity index (χ4n) is 2.73. The summed E-state index contributed by atoms with van der Waals surface area (Å²) in [6.45, 7) is 6.88. The van der Waals surface area contributed by atoms with Gasteiger partial charge in [-0.25, -0.2) is 4.98 Å². The van der Waals surface area contributed by atoms with Crippen LogP contribution in [0.3, 0.4) is 0 Å². The van der Waals surface area contributed by atoms with E-state index in [1.807, 2.05) is 19.1 Å². The molecule has 2 rings (SSSR count). The Balaban J connectivity index is 1.94. The number of nitrogens with zero attached hydrogens (tertiary/aromatic N) is 2. The van der Waals surface area contributed by atoms with E-state index >= 15 is 0 Å². The minimum atomic E-state index is -0.0978. The molecule has 6 heteroatoms. The molecule has 0 bridgehead atoms. The summed E-state index contributed by atoms with van der Waals surface area (Å²) in [6.07, 6.45) is 1.70. The second-order valence-electron chi connectivity index (χ2n) is 6.54. The molecule has 2 aromatic rings. The Morgan fingerprint density at radius 1 is 1.29 bits per heavy atom. The summed E-state index contributed by atoms with van der Waals surface area (Å²) in [6, 6.07) is 7.24. The SMILES string of the molecule is Cc1nc(-c2ccc(C(=O)NCC(CCO)CC(C)C)cc2)n[nH]1. The first-order chi connectivity index (χ1) is 11.5. The van der Waals surface area contributed by atoms with Gasteiger partial charge in [0.25, 0.3) is 5.91 Å². The average molecular weight is 330 g/mol. The molecule has 6 nitrogen and oxygen atoms in total. The molecule has 1 aromatic heterocycles. The number of aromatic nitrogens is 3. The fraction of sp³-hybridized carbons (Fsp3) is 0.500. The van der Waals surface area contributed by atoms with Crippen molar-refractivity contribution in [2.45, 2.75) is 33.6 Å². The number of aliphatic hydroxyl groups is 1. The largest absolute Gasteiger partial charge is 0.396 e. The number of amides is 1. The summed E-state index contributed by atoms with van der Waals surface area (Å²) in [5.41, 5.74) is 1.48. The Labute approximate surface area is 142 Å². The molecule has 0 aliphatic heterocycles. The van der Waals surface area contributed by atoms with Gasteiger partial charge in [0.2, 0.25) is 0 Å². The number of aromatic amines is 1. The van der Waals surface area contributed by atoms with Gasteiger partial charge in [0, 0.05) is 24.3 Å². The Kier molecular flexibility index (Phi) is 6.49. The highest BCUT2D eigenvalue weighted by molar-refractivity contribution is 5.94. The lowest BCUT2D eigenvalue weighted by Crippen LogP contribution is -2.30. The standard InChI is InChI=1S/C18H26N4O2/c1-12(2)10-14(8-9-23)11-19-18(24)16-6-4-15(5-7-16)17-20-13(3)21-22-17/h4-7,12,14,23H,8-11H2,1-3H3,(H,19,24)(H,20,21,22). The number of nitrogens with one attached hydrogen (secondary N) is 2. The summed E-state index contributed by atoms with van der Waals surface area (Å²) in [5.74, 6) is 2.13. The molecule has 1 atom stereocenters. The van der Waals surface area contributed by atoms with E-state index in [2.05, 4.69) is 34.3 Å². The molecule has 130 valence electrons. The van der Waals surface area contributed by atoms with Gasteiger partial charge in [-0.3, -0.25) is 9.89 Å². The van der Waals surface area contributed by atoms with Crippen LogP contribution >= 0.6 is 0 Å². The van der Waals surface area contributed by atoms with Gasteiger partial charge in [-0.2, -0.15) is 5.10 Å². The van der Waals surface area contributed by atoms with Crippen molar-refractivity contribution in [1.82, 2.24) is 20.5 Å². The number of aryl methyl sites for hydroxylation is 1. The van der Waals surface area contributed by atoms with Crippen LogP contribution in [0.15, 0.2) is 24.3 Å². The fourth-order valence-corrected chi connectivity index (χ4v) is 2.73. The number of carbonyl (C=O) groups is 1. The number of carbonyl (C=O) groups excluding carboxylic acids is 1. The molecule has 0 aliphatic carbocycles. The molecule has 1 unspecified atom stereocenters. The van der Waals surface area contributed by atoms with Crippen LogP contribution in [-0.2, 0) is 0 Å². The topological polar surface area (TPSA) is 90.9 Å². The van der Waals surface area contributed by atoms with E-state index in [1.165, 1.54) is 0 Å². The molecule has 24 heavy (non-hydrogen) atoms. The third kappa shape index (κ3) is 5.16. The average Bonchev–Trinajstić information content (AvgIpc) is 2.99. The molecule has 0 fully saturated rings. The maximum atomic E-state index is 12.3. The Morgan fingerprint density at radius 2 is 2.00 bits per heavy atom. The van der Waals surface area contributed by atoms with Crippen molar-refractivity contribution >= 4 is 5.91 Å². The van der Waals surface area contributed by atoms with Crippen molar-refractivity contribution in [3.8, 4) is 11.4 Å². The van der Waals surface area contributed by atoms with Gasteiger partial charge in [0.15, 0.2) is 5.82 Å². The van der Waals surface area contributed by atoms with E-state index in [0.29, 0.717) is 36.2 Å². The zero-order valence-electron chi connectivity index (χ0n) is 14.5. The van der Waals surface area contributed by atoms with Crippen LogP contribution < -0.4 is 5.32 Å². The lowest BCUT2D eigenvalue weighted by Gasteiger charge is -2.18. The molecule has 0 saturated heterocycles. The molecular weight excluding hydrogens is 304 g/mol. The van der Waals surface area contributed by atoms with Crippen LogP contribution in [0.2, 0.25) is 0 Å². The Bertz CT molecular complexity index is 649. The molecule has 1 heterocycles. The van der Waals surface area contributed by atoms with Gasteiger partial charge in [0.05, 0.1) is 0 Å². The Morgan fingerprint density at radius 3 is 2.54 bits per heavy atom. The molecular formula is C18H26N4O2. The summed E-state index contributed by atoms with van der Waals surface area (Å²) in [7, 11) is 0. The third-order valence-electron chi connectivity index (χ3n) is 3.90. The van der Waals surface area contributed by atoms with Crippen molar-refractivity contribution in [2.75, 3.05) is 13.2 Å². The molecule has 0 aliphatic rings. The molecule has 1 aromatic carbocycles. The monoisotopic (exact) mass is 330 g/mol. The maximum absolute atomic E-state index is 12.3. The predicted molar refractivity (Wildman–Crippen MR) is 93.5 cm³/mol. The van der Waals surface area contributed by atoms with Crippen molar-refractivity contribution in [2.24, 2.45) is 11.8 Å². The maximum Gasteiger partial charge on any atom is 0.251 e. The molecule has 0 radical (unpaired) electrons. The smallest absolute Gasteiger partial charge is 0.251 e. The lowest BCUT2D eigenvalue weighted by molar-refractivity contribution is 0.0941. The number of H-pyrrole nitrogens is 1. The van der Waals surface area contributed by atoms with Crippen LogP contribution in [-0.4, -0.2) is 39.3 Å². The highest BCUT2D eigenvalue weighted by Gasteiger charge is 2.13. The molecule has 3 N–H and O–H groups in total. The number of rotatable bonds is 8. The first-order valence-electron chi connectivity index (χ1n) is 8.38. The van der Waals surface area contributed by atoms with E-state index in [1.54, 1.807) is 12.1 Å². The second kappa shape index (κ2) is 8.59. The van der Waals surface area contributed by atoms with E-state index in [4.69, 9.17) is 5.11 Å². The van der Waals surface area contributed by atoms with E-state index < -0.39 is 0 Å². The highest BCUT2D eigenvalue weighted by atomic mass is 16.3. The van der Waals surface area contributed by atoms with E-state index in [0.717, 1.165) is 17.8 Å². The normalized spacial score (nSPS) is 12.4. The predicted octanol–water partition coefficient (Wildman–Crippen LogP) is 2.55. The number of aliphatic hydroxyl groups excluding tert-OH is 1. The van der Waals surface area contributed by atoms with Crippen molar-refractivity contribution in [3.05, 3.63) is 35.7 Å². The van der Waals surface area contributed by atoms with Crippen LogP contribution in [0.4, 0.5) is 0 Å².